The zero-order valence-electron chi connectivity index (χ0n) is 9.54. The Hall–Kier alpha value is -2.16. The highest BCUT2D eigenvalue weighted by Gasteiger charge is 2.24. The molecule has 3 nitrogen and oxygen atoms in total. The number of esters is 1. The Kier molecular flexibility index (Phi) is 3.50. The second-order valence-corrected chi connectivity index (χ2v) is 3.62. The van der Waals surface area contributed by atoms with Crippen LogP contribution < -0.4 is 0 Å². The molecule has 0 amide bonds. The fourth-order valence-electron chi connectivity index (χ4n) is 1.74. The van der Waals surface area contributed by atoms with Crippen LogP contribution in [0.3, 0.4) is 0 Å². The van der Waals surface area contributed by atoms with Gasteiger partial charge in [-0.2, -0.15) is 0 Å². The third-order valence-corrected chi connectivity index (χ3v) is 2.55. The SMILES string of the molecule is COC(=O)[C@H](c1ccccc1)c1ccccn1. The van der Waals surface area contributed by atoms with Crippen molar-refractivity contribution in [3.63, 3.8) is 0 Å². The first-order valence-electron chi connectivity index (χ1n) is 5.36. The second kappa shape index (κ2) is 5.25. The van der Waals surface area contributed by atoms with Crippen LogP contribution in [-0.4, -0.2) is 18.1 Å². The average Bonchev–Trinajstić information content (AvgIpc) is 2.41. The minimum Gasteiger partial charge on any atom is -0.468 e. The topological polar surface area (TPSA) is 39.2 Å². The van der Waals surface area contributed by atoms with Gasteiger partial charge in [0.2, 0.25) is 0 Å². The van der Waals surface area contributed by atoms with Gasteiger partial charge in [0.15, 0.2) is 0 Å². The molecular weight excluding hydrogens is 214 g/mol. The highest BCUT2D eigenvalue weighted by molar-refractivity contribution is 5.81. The Morgan fingerprint density at radius 3 is 2.41 bits per heavy atom. The van der Waals surface area contributed by atoms with E-state index in [1.807, 2.05) is 48.5 Å². The van der Waals surface area contributed by atoms with Crippen molar-refractivity contribution in [1.29, 1.82) is 0 Å². The number of methoxy groups -OCH3 is 1. The number of nitrogens with zero attached hydrogens (tertiary/aromatic N) is 1. The fourth-order valence-corrected chi connectivity index (χ4v) is 1.74. The molecule has 86 valence electrons. The number of hydrogen-bond donors (Lipinski definition) is 0. The highest BCUT2D eigenvalue weighted by Crippen LogP contribution is 2.23. The Bertz CT molecular complexity index is 443. The molecule has 0 bridgehead atoms. The first-order chi connectivity index (χ1) is 8.33. The molecule has 3 heteroatoms. The van der Waals surface area contributed by atoms with Crippen LogP contribution in [0.25, 0.3) is 0 Å². The number of ether oxygens (including phenoxy) is 1. The van der Waals surface area contributed by atoms with Crippen LogP contribution in [0.2, 0.25) is 0 Å². The summed E-state index contributed by atoms with van der Waals surface area (Å²) in [6.45, 7) is 0. The zero-order chi connectivity index (χ0) is 12.1. The summed E-state index contributed by atoms with van der Waals surface area (Å²) in [6, 6.07) is 15.0. The molecule has 0 fully saturated rings. The fraction of sp³-hybridized carbons (Fsp3) is 0.143. The molecule has 17 heavy (non-hydrogen) atoms. The maximum absolute atomic E-state index is 11.9. The van der Waals surface area contributed by atoms with Gasteiger partial charge in [-0.1, -0.05) is 36.4 Å². The summed E-state index contributed by atoms with van der Waals surface area (Å²) in [7, 11) is 1.39. The predicted octanol–water partition coefficient (Wildman–Crippen LogP) is 2.39. The lowest BCUT2D eigenvalue weighted by molar-refractivity contribution is -0.141. The Morgan fingerprint density at radius 2 is 1.82 bits per heavy atom. The molecule has 1 aromatic carbocycles. The van der Waals surface area contributed by atoms with Gasteiger partial charge in [-0.25, -0.2) is 0 Å². The molecular formula is C14H13NO2. The van der Waals surface area contributed by atoms with Crippen molar-refractivity contribution in [2.75, 3.05) is 7.11 Å². The lowest BCUT2D eigenvalue weighted by Gasteiger charge is -2.14. The van der Waals surface area contributed by atoms with Crippen molar-refractivity contribution >= 4 is 5.97 Å². The number of hydrogen-bond acceptors (Lipinski definition) is 3. The maximum atomic E-state index is 11.9. The van der Waals surface area contributed by atoms with Gasteiger partial charge in [0.05, 0.1) is 12.8 Å². The molecule has 0 saturated carbocycles. The van der Waals surface area contributed by atoms with Gasteiger partial charge in [0.1, 0.15) is 5.92 Å². The summed E-state index contributed by atoms with van der Waals surface area (Å²) in [5, 5.41) is 0. The van der Waals surface area contributed by atoms with Gasteiger partial charge in [0, 0.05) is 6.20 Å². The Morgan fingerprint density at radius 1 is 1.12 bits per heavy atom. The van der Waals surface area contributed by atoms with E-state index >= 15 is 0 Å². The quantitative estimate of drug-likeness (QED) is 0.756. The maximum Gasteiger partial charge on any atom is 0.319 e. The largest absolute Gasteiger partial charge is 0.468 e. The summed E-state index contributed by atoms with van der Waals surface area (Å²) in [5.41, 5.74) is 1.59. The van der Waals surface area contributed by atoms with E-state index in [2.05, 4.69) is 4.98 Å². The number of aromatic nitrogens is 1. The monoisotopic (exact) mass is 227 g/mol. The summed E-state index contributed by atoms with van der Waals surface area (Å²) < 4.78 is 4.84. The van der Waals surface area contributed by atoms with E-state index in [0.717, 1.165) is 5.56 Å². The molecule has 0 aliphatic carbocycles. The third kappa shape index (κ3) is 2.50. The van der Waals surface area contributed by atoms with Crippen LogP contribution in [0.4, 0.5) is 0 Å². The lowest BCUT2D eigenvalue weighted by atomic mass is 9.95. The van der Waals surface area contributed by atoms with Gasteiger partial charge in [-0.05, 0) is 17.7 Å². The average molecular weight is 227 g/mol. The van der Waals surface area contributed by atoms with E-state index in [4.69, 9.17) is 4.74 Å². The highest BCUT2D eigenvalue weighted by atomic mass is 16.5. The number of benzene rings is 1. The van der Waals surface area contributed by atoms with Gasteiger partial charge in [0.25, 0.3) is 0 Å². The van der Waals surface area contributed by atoms with Crippen molar-refractivity contribution in [3.05, 3.63) is 66.0 Å². The first kappa shape index (κ1) is 11.3. The van der Waals surface area contributed by atoms with E-state index in [-0.39, 0.29) is 5.97 Å². The number of pyridine rings is 1. The van der Waals surface area contributed by atoms with Crippen molar-refractivity contribution in [2.24, 2.45) is 0 Å². The molecule has 0 aliphatic heterocycles. The Labute approximate surface area is 100 Å². The van der Waals surface area contributed by atoms with Crippen LogP contribution in [-0.2, 0) is 9.53 Å². The molecule has 0 N–H and O–H groups in total. The normalized spacial score (nSPS) is 11.8. The Balaban J connectivity index is 2.43. The van der Waals surface area contributed by atoms with E-state index < -0.39 is 5.92 Å². The van der Waals surface area contributed by atoms with E-state index in [1.54, 1.807) is 6.20 Å². The van der Waals surface area contributed by atoms with Crippen LogP contribution in [0.5, 0.6) is 0 Å². The van der Waals surface area contributed by atoms with Crippen molar-refractivity contribution in [2.45, 2.75) is 5.92 Å². The summed E-state index contributed by atoms with van der Waals surface area (Å²) in [5.74, 6) is -0.753. The minimum atomic E-state index is -0.456. The van der Waals surface area contributed by atoms with Gasteiger partial charge in [-0.15, -0.1) is 0 Å². The smallest absolute Gasteiger partial charge is 0.319 e. The van der Waals surface area contributed by atoms with Gasteiger partial charge >= 0.3 is 5.97 Å². The molecule has 1 aromatic heterocycles. The van der Waals surface area contributed by atoms with Crippen molar-refractivity contribution in [1.82, 2.24) is 4.98 Å². The van der Waals surface area contributed by atoms with Crippen LogP contribution >= 0.6 is 0 Å². The number of carbonyl (C=O) groups is 1. The van der Waals surface area contributed by atoms with Crippen molar-refractivity contribution in [3.8, 4) is 0 Å². The molecule has 2 aromatic rings. The van der Waals surface area contributed by atoms with Crippen LogP contribution in [0.15, 0.2) is 54.7 Å². The second-order valence-electron chi connectivity index (χ2n) is 3.62. The van der Waals surface area contributed by atoms with Crippen LogP contribution in [0, 0.1) is 0 Å². The van der Waals surface area contributed by atoms with Crippen LogP contribution in [0.1, 0.15) is 17.2 Å². The summed E-state index contributed by atoms with van der Waals surface area (Å²) >= 11 is 0. The first-order valence-corrected chi connectivity index (χ1v) is 5.36. The van der Waals surface area contributed by atoms with Gasteiger partial charge < -0.3 is 4.74 Å². The summed E-state index contributed by atoms with van der Waals surface area (Å²) in [4.78, 5) is 16.1. The minimum absolute atomic E-state index is 0.296. The third-order valence-electron chi connectivity index (χ3n) is 2.55. The van der Waals surface area contributed by atoms with E-state index in [9.17, 15) is 4.79 Å². The molecule has 1 heterocycles. The standard InChI is InChI=1S/C14H13NO2/c1-17-14(16)13(11-7-3-2-4-8-11)12-9-5-6-10-15-12/h2-10,13H,1H3/t13-/m1/s1. The summed E-state index contributed by atoms with van der Waals surface area (Å²) in [6.07, 6.45) is 1.67. The predicted molar refractivity (Wildman–Crippen MR) is 64.5 cm³/mol. The van der Waals surface area contributed by atoms with E-state index in [1.165, 1.54) is 7.11 Å². The number of carbonyl (C=O) groups excluding carboxylic acids is 1. The molecule has 1 atom stereocenters. The molecule has 0 aliphatic rings. The molecule has 0 saturated heterocycles. The van der Waals surface area contributed by atoms with Crippen molar-refractivity contribution < 1.29 is 9.53 Å². The molecule has 0 radical (unpaired) electrons. The lowest BCUT2D eigenvalue weighted by Crippen LogP contribution is -2.16. The molecule has 0 unspecified atom stereocenters. The number of rotatable bonds is 3. The van der Waals surface area contributed by atoms with E-state index in [0.29, 0.717) is 5.69 Å². The zero-order valence-corrected chi connectivity index (χ0v) is 9.54. The molecule has 0 spiro atoms. The molecule has 2 rings (SSSR count). The van der Waals surface area contributed by atoms with Gasteiger partial charge in [-0.3, -0.25) is 9.78 Å².